The van der Waals surface area contributed by atoms with E-state index in [9.17, 15) is 4.79 Å². The Bertz CT molecular complexity index is 659. The minimum atomic E-state index is -0.445. The summed E-state index contributed by atoms with van der Waals surface area (Å²) < 4.78 is 5.01. The van der Waals surface area contributed by atoms with Gasteiger partial charge in [-0.15, -0.1) is 23.7 Å². The largest absolute Gasteiger partial charge is 0.468 e. The zero-order chi connectivity index (χ0) is 14.8. The highest BCUT2D eigenvalue weighted by molar-refractivity contribution is 7.10. The van der Waals surface area contributed by atoms with Crippen LogP contribution in [-0.4, -0.2) is 24.5 Å². The lowest BCUT2D eigenvalue weighted by atomic mass is 10.0. The van der Waals surface area contributed by atoms with Crippen LogP contribution in [-0.2, 0) is 22.5 Å². The summed E-state index contributed by atoms with van der Waals surface area (Å²) in [6.45, 7) is 1.59. The summed E-state index contributed by atoms with van der Waals surface area (Å²) in [6, 6.07) is 9.20. The summed E-state index contributed by atoms with van der Waals surface area (Å²) in [5.41, 5.74) is 2.20. The molecule has 0 bridgehead atoms. The summed E-state index contributed by atoms with van der Waals surface area (Å²) >= 11 is 8.02. The fourth-order valence-electron chi connectivity index (χ4n) is 2.76. The molecular weight excluding hydrogens is 341 g/mol. The van der Waals surface area contributed by atoms with Crippen molar-refractivity contribution in [3.63, 3.8) is 0 Å². The van der Waals surface area contributed by atoms with Crippen LogP contribution in [0.5, 0.6) is 0 Å². The van der Waals surface area contributed by atoms with Gasteiger partial charge in [0, 0.05) is 23.0 Å². The molecule has 1 aliphatic rings. The van der Waals surface area contributed by atoms with Gasteiger partial charge in [-0.1, -0.05) is 29.8 Å². The Hall–Kier alpha value is -1.07. The number of ether oxygens (including phenoxy) is 1. The number of carbonyl (C=O) groups excluding carboxylic acids is 1. The minimum Gasteiger partial charge on any atom is -0.468 e. The number of thiophene rings is 1. The van der Waals surface area contributed by atoms with Gasteiger partial charge in [-0.05, 0) is 35.1 Å². The lowest BCUT2D eigenvalue weighted by molar-refractivity contribution is -0.147. The molecule has 3 nitrogen and oxygen atoms in total. The van der Waals surface area contributed by atoms with Gasteiger partial charge in [0.05, 0.1) is 7.11 Å². The van der Waals surface area contributed by atoms with Crippen LogP contribution in [0.15, 0.2) is 35.7 Å². The molecule has 22 heavy (non-hydrogen) atoms. The van der Waals surface area contributed by atoms with Crippen molar-refractivity contribution in [1.29, 1.82) is 0 Å². The van der Waals surface area contributed by atoms with Crippen LogP contribution in [0.4, 0.5) is 0 Å². The Labute approximate surface area is 145 Å². The molecule has 1 aromatic carbocycles. The van der Waals surface area contributed by atoms with Crippen LogP contribution >= 0.6 is 35.3 Å². The molecule has 3 rings (SSSR count). The van der Waals surface area contributed by atoms with E-state index in [1.807, 2.05) is 24.3 Å². The first-order valence-electron chi connectivity index (χ1n) is 6.82. The number of esters is 1. The van der Waals surface area contributed by atoms with E-state index >= 15 is 0 Å². The van der Waals surface area contributed by atoms with Crippen molar-refractivity contribution < 1.29 is 9.53 Å². The molecule has 2 aromatic rings. The van der Waals surface area contributed by atoms with Crippen molar-refractivity contribution in [2.24, 2.45) is 0 Å². The third-order valence-electron chi connectivity index (χ3n) is 3.84. The molecular formula is C16H17Cl2NO2S. The number of benzene rings is 1. The lowest BCUT2D eigenvalue weighted by Gasteiger charge is -2.33. The van der Waals surface area contributed by atoms with Gasteiger partial charge in [0.15, 0.2) is 0 Å². The Kier molecular flexibility index (Phi) is 5.87. The molecule has 0 aliphatic carbocycles. The van der Waals surface area contributed by atoms with Crippen molar-refractivity contribution in [2.45, 2.75) is 19.0 Å². The maximum atomic E-state index is 12.3. The van der Waals surface area contributed by atoms with E-state index in [2.05, 4.69) is 16.3 Å². The van der Waals surface area contributed by atoms with Gasteiger partial charge in [-0.2, -0.15) is 0 Å². The summed E-state index contributed by atoms with van der Waals surface area (Å²) in [5, 5.41) is 2.71. The zero-order valence-corrected chi connectivity index (χ0v) is 14.5. The van der Waals surface area contributed by atoms with Crippen LogP contribution in [0.1, 0.15) is 22.0 Å². The topological polar surface area (TPSA) is 29.5 Å². The molecule has 1 atom stereocenters. The van der Waals surface area contributed by atoms with Crippen molar-refractivity contribution >= 4 is 41.3 Å². The van der Waals surface area contributed by atoms with Crippen molar-refractivity contribution in [2.75, 3.05) is 13.7 Å². The highest BCUT2D eigenvalue weighted by Gasteiger charge is 2.32. The first-order chi connectivity index (χ1) is 10.2. The number of carbonyl (C=O) groups is 1. The van der Waals surface area contributed by atoms with Gasteiger partial charge in [-0.3, -0.25) is 4.90 Å². The molecule has 0 N–H and O–H groups in total. The highest BCUT2D eigenvalue weighted by Crippen LogP contribution is 2.34. The molecule has 0 amide bonds. The summed E-state index contributed by atoms with van der Waals surface area (Å²) in [6.07, 6.45) is 0.955. The van der Waals surface area contributed by atoms with Crippen LogP contribution in [0.25, 0.3) is 0 Å². The van der Waals surface area contributed by atoms with Crippen molar-refractivity contribution in [3.05, 3.63) is 56.7 Å². The van der Waals surface area contributed by atoms with Crippen LogP contribution in [0, 0.1) is 0 Å². The van der Waals surface area contributed by atoms with E-state index in [0.717, 1.165) is 25.1 Å². The number of hydrogen-bond acceptors (Lipinski definition) is 4. The van der Waals surface area contributed by atoms with E-state index in [1.54, 1.807) is 11.3 Å². The summed E-state index contributed by atoms with van der Waals surface area (Å²) in [5.74, 6) is -0.261. The molecule has 0 spiro atoms. The molecule has 0 saturated heterocycles. The Morgan fingerprint density at radius 1 is 1.36 bits per heavy atom. The smallest absolute Gasteiger partial charge is 0.327 e. The maximum absolute atomic E-state index is 12.3. The van der Waals surface area contributed by atoms with Crippen molar-refractivity contribution in [1.82, 2.24) is 4.90 Å². The van der Waals surface area contributed by atoms with E-state index in [4.69, 9.17) is 16.3 Å². The van der Waals surface area contributed by atoms with E-state index in [-0.39, 0.29) is 18.4 Å². The quantitative estimate of drug-likeness (QED) is 0.774. The first-order valence-corrected chi connectivity index (χ1v) is 8.08. The molecule has 1 aliphatic heterocycles. The molecule has 0 radical (unpaired) electrons. The third-order valence-corrected chi connectivity index (χ3v) is 5.13. The molecule has 0 fully saturated rings. The average Bonchev–Trinajstić information content (AvgIpc) is 2.97. The second-order valence-electron chi connectivity index (χ2n) is 5.04. The Morgan fingerprint density at radius 2 is 2.14 bits per heavy atom. The standard InChI is InChI=1S/C16H16ClNO2S.ClH/c1-20-16(19)15(12-4-2-3-5-13(12)17)18-8-6-11-7-9-21-14(11)10-18;/h2-5,7,9,15H,6,8,10H2,1H3;1H/t15-;/m0./s1. The molecule has 0 unspecified atom stereocenters. The number of fused-ring (bicyclic) bond motifs is 1. The predicted molar refractivity (Wildman–Crippen MR) is 91.9 cm³/mol. The summed E-state index contributed by atoms with van der Waals surface area (Å²) in [7, 11) is 1.42. The molecule has 1 aromatic heterocycles. The number of hydrogen-bond donors (Lipinski definition) is 0. The van der Waals surface area contributed by atoms with Crippen LogP contribution in [0.2, 0.25) is 5.02 Å². The summed E-state index contributed by atoms with van der Waals surface area (Å²) in [4.78, 5) is 15.8. The monoisotopic (exact) mass is 357 g/mol. The molecule has 118 valence electrons. The second kappa shape index (κ2) is 7.47. The van der Waals surface area contributed by atoms with Crippen LogP contribution in [0.3, 0.4) is 0 Å². The predicted octanol–water partition coefficient (Wildman–Crippen LogP) is 4.10. The van der Waals surface area contributed by atoms with Gasteiger partial charge in [-0.25, -0.2) is 4.79 Å². The van der Waals surface area contributed by atoms with E-state index in [0.29, 0.717) is 5.02 Å². The molecule has 6 heteroatoms. The Morgan fingerprint density at radius 3 is 2.86 bits per heavy atom. The average molecular weight is 358 g/mol. The number of halogens is 2. The van der Waals surface area contributed by atoms with Gasteiger partial charge < -0.3 is 4.74 Å². The van der Waals surface area contributed by atoms with Gasteiger partial charge in [0.25, 0.3) is 0 Å². The molecule has 2 heterocycles. The minimum absolute atomic E-state index is 0. The molecule has 0 saturated carbocycles. The normalized spacial score (nSPS) is 15.5. The van der Waals surface area contributed by atoms with Crippen molar-refractivity contribution in [3.8, 4) is 0 Å². The second-order valence-corrected chi connectivity index (χ2v) is 6.44. The van der Waals surface area contributed by atoms with Gasteiger partial charge >= 0.3 is 5.97 Å². The number of methoxy groups -OCH3 is 1. The van der Waals surface area contributed by atoms with Gasteiger partial charge in [0.1, 0.15) is 6.04 Å². The number of nitrogens with zero attached hydrogens (tertiary/aromatic N) is 1. The van der Waals surface area contributed by atoms with E-state index < -0.39 is 6.04 Å². The lowest BCUT2D eigenvalue weighted by Crippen LogP contribution is -2.38. The zero-order valence-electron chi connectivity index (χ0n) is 12.1. The fraction of sp³-hybridized carbons (Fsp3) is 0.312. The maximum Gasteiger partial charge on any atom is 0.327 e. The fourth-order valence-corrected chi connectivity index (χ4v) is 3.96. The van der Waals surface area contributed by atoms with Gasteiger partial charge in [0.2, 0.25) is 0 Å². The number of rotatable bonds is 3. The highest BCUT2D eigenvalue weighted by atomic mass is 35.5. The van der Waals surface area contributed by atoms with E-state index in [1.165, 1.54) is 17.6 Å². The van der Waals surface area contributed by atoms with Crippen LogP contribution < -0.4 is 0 Å². The Balaban J connectivity index is 0.00000176. The third kappa shape index (κ3) is 3.30. The SMILES string of the molecule is COC(=O)[C@H](c1ccccc1Cl)N1CCc2ccsc2C1.Cl. The first kappa shape index (κ1) is 17.3.